The molecule has 0 radical (unpaired) electrons. The van der Waals surface area contributed by atoms with Gasteiger partial charge in [-0.2, -0.15) is 0 Å². The van der Waals surface area contributed by atoms with Gasteiger partial charge in [0.25, 0.3) is 0 Å². The van der Waals surface area contributed by atoms with E-state index in [1.807, 2.05) is 72.8 Å². The zero-order chi connectivity index (χ0) is 24.4. The van der Waals surface area contributed by atoms with E-state index < -0.39 is 7.82 Å². The lowest BCUT2D eigenvalue weighted by Crippen LogP contribution is -2.07. The molecule has 2 atom stereocenters. The average Bonchev–Trinajstić information content (AvgIpc) is 2.84. The van der Waals surface area contributed by atoms with Gasteiger partial charge in [0.15, 0.2) is 5.75 Å². The summed E-state index contributed by atoms with van der Waals surface area (Å²) in [6, 6.07) is 24.6. The number of rotatable bonds is 13. The first-order chi connectivity index (χ1) is 16.4. The summed E-state index contributed by atoms with van der Waals surface area (Å²) in [7, 11) is -3.94. The van der Waals surface area contributed by atoms with Gasteiger partial charge in [-0.3, -0.25) is 9.05 Å². The smallest absolute Gasteiger partial charge is 0.402 e. The maximum Gasteiger partial charge on any atom is 0.530 e. The molecule has 0 spiro atoms. The summed E-state index contributed by atoms with van der Waals surface area (Å²) < 4.78 is 30.8. The van der Waals surface area contributed by atoms with E-state index in [0.717, 1.165) is 23.1 Å². The predicted octanol–water partition coefficient (Wildman–Crippen LogP) is 7.80. The van der Waals surface area contributed by atoms with Gasteiger partial charge in [-0.1, -0.05) is 93.9 Å². The number of nitrogen functional groups attached to an aromatic ring is 1. The van der Waals surface area contributed by atoms with Crippen LogP contribution in [0.25, 0.3) is 0 Å². The van der Waals surface area contributed by atoms with E-state index in [4.69, 9.17) is 19.3 Å². The van der Waals surface area contributed by atoms with Crippen molar-refractivity contribution in [2.75, 3.05) is 5.73 Å². The Bertz CT molecular complexity index is 1010. The minimum Gasteiger partial charge on any atom is -0.402 e. The summed E-state index contributed by atoms with van der Waals surface area (Å²) >= 11 is 0. The topological polar surface area (TPSA) is 70.8 Å². The first-order valence-electron chi connectivity index (χ1n) is 11.9. The molecule has 0 fully saturated rings. The standard InChI is InChI=1S/C28H36NO4P/c1-4-22(2)17-23(3)18-26-15-16-28(27(29)19-26)33-34(30,31-20-24-11-7-5-8-12-24)32-21-25-13-9-6-10-14-25/h5-16,19,22-23H,4,17-18,20-21,29H2,1-3H3/t22?,23-/m1/s1. The maximum absolute atomic E-state index is 13.6. The zero-order valence-electron chi connectivity index (χ0n) is 20.4. The molecule has 5 nitrogen and oxygen atoms in total. The molecule has 182 valence electrons. The number of nitrogens with two attached hydrogens (primary N) is 1. The molecule has 1 unspecified atom stereocenters. The van der Waals surface area contributed by atoms with Gasteiger partial charge in [-0.15, -0.1) is 0 Å². The number of anilines is 1. The maximum atomic E-state index is 13.6. The highest BCUT2D eigenvalue weighted by Crippen LogP contribution is 2.52. The molecule has 0 heterocycles. The van der Waals surface area contributed by atoms with Gasteiger partial charge in [0.05, 0.1) is 18.9 Å². The van der Waals surface area contributed by atoms with Gasteiger partial charge in [0, 0.05) is 0 Å². The Balaban J connectivity index is 1.71. The zero-order valence-corrected chi connectivity index (χ0v) is 21.2. The Morgan fingerprint density at radius 2 is 1.35 bits per heavy atom. The van der Waals surface area contributed by atoms with Crippen molar-refractivity contribution >= 4 is 13.5 Å². The Kier molecular flexibility index (Phi) is 9.76. The highest BCUT2D eigenvalue weighted by molar-refractivity contribution is 7.48. The fourth-order valence-electron chi connectivity index (χ4n) is 3.81. The van der Waals surface area contributed by atoms with Crippen molar-refractivity contribution in [2.24, 2.45) is 11.8 Å². The lowest BCUT2D eigenvalue weighted by atomic mass is 9.90. The Morgan fingerprint density at radius 3 is 1.85 bits per heavy atom. The Morgan fingerprint density at radius 1 is 0.794 bits per heavy atom. The molecular formula is C28H36NO4P. The van der Waals surface area contributed by atoms with Crippen LogP contribution in [0.1, 0.15) is 50.3 Å². The highest BCUT2D eigenvalue weighted by atomic mass is 31.2. The summed E-state index contributed by atoms with van der Waals surface area (Å²) in [6.45, 7) is 6.95. The van der Waals surface area contributed by atoms with Crippen LogP contribution in [0.15, 0.2) is 78.9 Å². The van der Waals surface area contributed by atoms with Crippen molar-refractivity contribution in [3.05, 3.63) is 95.6 Å². The fraction of sp³-hybridized carbons (Fsp3) is 0.357. The monoisotopic (exact) mass is 481 g/mol. The quantitative estimate of drug-likeness (QED) is 0.199. The van der Waals surface area contributed by atoms with Crippen molar-refractivity contribution < 1.29 is 18.1 Å². The molecule has 6 heteroatoms. The van der Waals surface area contributed by atoms with Crippen LogP contribution in [-0.4, -0.2) is 0 Å². The van der Waals surface area contributed by atoms with E-state index in [-0.39, 0.29) is 13.2 Å². The van der Waals surface area contributed by atoms with Crippen molar-refractivity contribution in [3.8, 4) is 5.75 Å². The predicted molar refractivity (Wildman–Crippen MR) is 138 cm³/mol. The van der Waals surface area contributed by atoms with E-state index in [9.17, 15) is 4.57 Å². The Labute approximate surface area is 203 Å². The van der Waals surface area contributed by atoms with Crippen molar-refractivity contribution in [1.82, 2.24) is 0 Å². The fourth-order valence-corrected chi connectivity index (χ4v) is 5.01. The van der Waals surface area contributed by atoms with E-state index in [1.165, 1.54) is 12.8 Å². The van der Waals surface area contributed by atoms with E-state index >= 15 is 0 Å². The molecule has 3 aromatic carbocycles. The molecule has 0 aliphatic carbocycles. The molecule has 3 aromatic rings. The van der Waals surface area contributed by atoms with Crippen molar-refractivity contribution in [1.29, 1.82) is 0 Å². The lowest BCUT2D eigenvalue weighted by molar-refractivity contribution is 0.143. The number of hydrogen-bond acceptors (Lipinski definition) is 5. The summed E-state index contributed by atoms with van der Waals surface area (Å²) in [5, 5.41) is 0. The number of benzene rings is 3. The summed E-state index contributed by atoms with van der Waals surface area (Å²) in [4.78, 5) is 0. The minimum atomic E-state index is -3.94. The molecule has 0 saturated heterocycles. The molecule has 0 saturated carbocycles. The molecule has 34 heavy (non-hydrogen) atoms. The third-order valence-electron chi connectivity index (χ3n) is 5.83. The van der Waals surface area contributed by atoms with Gasteiger partial charge in [-0.25, -0.2) is 4.57 Å². The lowest BCUT2D eigenvalue weighted by Gasteiger charge is -2.20. The first-order valence-corrected chi connectivity index (χ1v) is 13.4. The minimum absolute atomic E-state index is 0.0953. The summed E-state index contributed by atoms with van der Waals surface area (Å²) in [5.41, 5.74) is 9.57. The van der Waals surface area contributed by atoms with Gasteiger partial charge in [0.2, 0.25) is 0 Å². The van der Waals surface area contributed by atoms with Crippen LogP contribution in [0.2, 0.25) is 0 Å². The average molecular weight is 482 g/mol. The normalized spacial score (nSPS) is 13.4. The second kappa shape index (κ2) is 12.8. The third kappa shape index (κ3) is 8.32. The van der Waals surface area contributed by atoms with Crippen LogP contribution < -0.4 is 10.3 Å². The van der Waals surface area contributed by atoms with Crippen LogP contribution in [0.5, 0.6) is 5.75 Å². The molecule has 3 rings (SSSR count). The first kappa shape index (κ1) is 26.0. The molecular weight excluding hydrogens is 445 g/mol. The Hall–Kier alpha value is -2.59. The second-order valence-corrected chi connectivity index (χ2v) is 10.6. The van der Waals surface area contributed by atoms with E-state index in [1.54, 1.807) is 6.07 Å². The number of phosphoric ester groups is 1. The second-order valence-electron chi connectivity index (χ2n) is 8.99. The summed E-state index contributed by atoms with van der Waals surface area (Å²) in [6.07, 6.45) is 3.28. The van der Waals surface area contributed by atoms with Gasteiger partial charge in [0.1, 0.15) is 0 Å². The number of phosphoric acid groups is 1. The van der Waals surface area contributed by atoms with E-state index in [0.29, 0.717) is 23.3 Å². The van der Waals surface area contributed by atoms with Crippen molar-refractivity contribution in [3.63, 3.8) is 0 Å². The SMILES string of the molecule is CCC(C)C[C@@H](C)Cc1ccc(OP(=O)(OCc2ccccc2)OCc2ccccc2)c(N)c1. The van der Waals surface area contributed by atoms with Crippen LogP contribution in [-0.2, 0) is 33.2 Å². The highest BCUT2D eigenvalue weighted by Gasteiger charge is 2.30. The molecule has 0 aromatic heterocycles. The van der Waals surface area contributed by atoms with Gasteiger partial charge < -0.3 is 10.3 Å². The van der Waals surface area contributed by atoms with Crippen LogP contribution >= 0.6 is 7.82 Å². The van der Waals surface area contributed by atoms with E-state index in [2.05, 4.69) is 20.8 Å². The molecule has 0 amide bonds. The van der Waals surface area contributed by atoms with Crippen LogP contribution in [0.3, 0.4) is 0 Å². The van der Waals surface area contributed by atoms with Gasteiger partial charge in [-0.05, 0) is 53.5 Å². The van der Waals surface area contributed by atoms with Crippen molar-refractivity contribution in [2.45, 2.75) is 53.2 Å². The molecule has 2 N–H and O–H groups in total. The van der Waals surface area contributed by atoms with Crippen LogP contribution in [0, 0.1) is 11.8 Å². The van der Waals surface area contributed by atoms with Gasteiger partial charge >= 0.3 is 7.82 Å². The molecule has 0 aliphatic heterocycles. The summed E-state index contributed by atoms with van der Waals surface area (Å²) in [5.74, 6) is 1.54. The number of hydrogen-bond donors (Lipinski definition) is 1. The molecule has 0 bridgehead atoms. The van der Waals surface area contributed by atoms with Crippen LogP contribution in [0.4, 0.5) is 5.69 Å². The largest absolute Gasteiger partial charge is 0.530 e. The third-order valence-corrected chi connectivity index (χ3v) is 7.15. The molecule has 0 aliphatic rings.